The Morgan fingerprint density at radius 1 is 1.05 bits per heavy atom. The molecule has 0 aliphatic rings. The van der Waals surface area contributed by atoms with Gasteiger partial charge in [0.05, 0.1) is 10.5 Å². The third kappa shape index (κ3) is 2.41. The van der Waals surface area contributed by atoms with Crippen LogP contribution in [0.2, 0.25) is 0 Å². The maximum atomic E-state index is 13.4. The number of nitrogens with zero attached hydrogens (tertiary/aromatic N) is 2. The molecule has 100 valence electrons. The summed E-state index contributed by atoms with van der Waals surface area (Å²) in [5.41, 5.74) is -1.41. The lowest BCUT2D eigenvalue weighted by atomic mass is 10.0. The van der Waals surface area contributed by atoms with Crippen LogP contribution in [0.15, 0.2) is 42.6 Å². The van der Waals surface area contributed by atoms with Crippen LogP contribution in [0.1, 0.15) is 20.7 Å². The first-order chi connectivity index (χ1) is 9.52. The number of benzene rings is 1. The number of nitro groups is 1. The van der Waals surface area contributed by atoms with E-state index in [1.165, 1.54) is 18.2 Å². The van der Waals surface area contributed by atoms with Crippen molar-refractivity contribution in [1.82, 2.24) is 4.98 Å². The van der Waals surface area contributed by atoms with Crippen molar-refractivity contribution in [3.63, 3.8) is 0 Å². The number of ketones is 2. The molecule has 0 bridgehead atoms. The fraction of sp³-hybridized carbons (Fsp3) is 0. The maximum Gasteiger partial charge on any atom is 0.280 e. The molecule has 0 N–H and O–H groups in total. The number of Topliss-reactive ketones (excluding diaryl/α,β-unsaturated/α-hetero) is 2. The van der Waals surface area contributed by atoms with Crippen molar-refractivity contribution in [1.29, 1.82) is 0 Å². The molecule has 0 atom stereocenters. The fourth-order valence-electron chi connectivity index (χ4n) is 1.62. The van der Waals surface area contributed by atoms with Crippen molar-refractivity contribution >= 4 is 17.3 Å². The van der Waals surface area contributed by atoms with Crippen molar-refractivity contribution in [2.24, 2.45) is 0 Å². The third-order valence-corrected chi connectivity index (χ3v) is 2.56. The number of aromatic nitrogens is 1. The van der Waals surface area contributed by atoms with Crippen LogP contribution in [0.5, 0.6) is 0 Å². The smallest absolute Gasteiger partial charge is 0.280 e. The normalized spacial score (nSPS) is 10.1. The van der Waals surface area contributed by atoms with Gasteiger partial charge >= 0.3 is 0 Å². The highest BCUT2D eigenvalue weighted by Gasteiger charge is 2.27. The van der Waals surface area contributed by atoms with Gasteiger partial charge in [0.15, 0.2) is 0 Å². The number of pyridine rings is 1. The number of hydrogen-bond acceptors (Lipinski definition) is 5. The Kier molecular flexibility index (Phi) is 3.60. The average Bonchev–Trinajstić information content (AvgIpc) is 2.46. The van der Waals surface area contributed by atoms with E-state index in [1.807, 2.05) is 0 Å². The first kappa shape index (κ1) is 13.5. The summed E-state index contributed by atoms with van der Waals surface area (Å²) < 4.78 is 13.4. The van der Waals surface area contributed by atoms with Crippen molar-refractivity contribution in [3.8, 4) is 0 Å². The minimum atomic E-state index is -1.18. The molecule has 0 spiro atoms. The molecule has 1 aromatic heterocycles. The molecule has 20 heavy (non-hydrogen) atoms. The van der Waals surface area contributed by atoms with Crippen LogP contribution in [-0.4, -0.2) is 21.5 Å². The Hall–Kier alpha value is -2.96. The van der Waals surface area contributed by atoms with Gasteiger partial charge in [-0.1, -0.05) is 12.1 Å². The molecule has 0 unspecified atom stereocenters. The Bertz CT molecular complexity index is 715. The lowest BCUT2D eigenvalue weighted by Gasteiger charge is -2.02. The van der Waals surface area contributed by atoms with Gasteiger partial charge in [-0.2, -0.15) is 4.39 Å². The molecular formula is C13H7FN2O4. The predicted molar refractivity (Wildman–Crippen MR) is 66.0 cm³/mol. The lowest BCUT2D eigenvalue weighted by molar-refractivity contribution is -0.385. The third-order valence-electron chi connectivity index (χ3n) is 2.56. The predicted octanol–water partition coefficient (Wildman–Crippen LogP) is 2.19. The van der Waals surface area contributed by atoms with E-state index in [0.29, 0.717) is 0 Å². The Morgan fingerprint density at radius 2 is 1.65 bits per heavy atom. The van der Waals surface area contributed by atoms with Gasteiger partial charge in [-0.05, 0) is 18.2 Å². The second-order valence-corrected chi connectivity index (χ2v) is 3.77. The van der Waals surface area contributed by atoms with Crippen molar-refractivity contribution in [2.45, 2.75) is 0 Å². The minimum Gasteiger partial charge on any atom is -0.285 e. The van der Waals surface area contributed by atoms with Gasteiger partial charge in [-0.25, -0.2) is 4.98 Å². The first-order valence-electron chi connectivity index (χ1n) is 5.45. The Morgan fingerprint density at radius 3 is 2.30 bits per heavy atom. The molecule has 0 aliphatic heterocycles. The van der Waals surface area contributed by atoms with Crippen molar-refractivity contribution in [3.05, 3.63) is 69.8 Å². The van der Waals surface area contributed by atoms with Crippen LogP contribution in [0.3, 0.4) is 0 Å². The topological polar surface area (TPSA) is 90.2 Å². The van der Waals surface area contributed by atoms with Gasteiger partial charge in [0, 0.05) is 12.3 Å². The second-order valence-electron chi connectivity index (χ2n) is 3.77. The van der Waals surface area contributed by atoms with Crippen LogP contribution in [0, 0.1) is 16.1 Å². The molecule has 0 saturated heterocycles. The van der Waals surface area contributed by atoms with Crippen LogP contribution in [0.4, 0.5) is 10.1 Å². The van der Waals surface area contributed by atoms with E-state index in [-0.39, 0.29) is 5.56 Å². The van der Waals surface area contributed by atoms with Crippen molar-refractivity contribution < 1.29 is 18.9 Å². The summed E-state index contributed by atoms with van der Waals surface area (Å²) in [6, 6.07) is 7.38. The number of hydrogen-bond donors (Lipinski definition) is 0. The summed E-state index contributed by atoms with van der Waals surface area (Å²) in [4.78, 5) is 37.2. The van der Waals surface area contributed by atoms with E-state index in [4.69, 9.17) is 0 Å². The molecular weight excluding hydrogens is 267 g/mol. The van der Waals surface area contributed by atoms with E-state index in [2.05, 4.69) is 4.98 Å². The van der Waals surface area contributed by atoms with E-state index in [1.54, 1.807) is 0 Å². The summed E-state index contributed by atoms with van der Waals surface area (Å²) in [7, 11) is 0. The van der Waals surface area contributed by atoms with Gasteiger partial charge in [0.2, 0.25) is 17.5 Å². The van der Waals surface area contributed by atoms with E-state index in [0.717, 1.165) is 24.4 Å². The molecule has 2 rings (SSSR count). The van der Waals surface area contributed by atoms with Gasteiger partial charge in [-0.3, -0.25) is 19.7 Å². The van der Waals surface area contributed by atoms with Crippen molar-refractivity contribution in [2.75, 3.05) is 0 Å². The first-order valence-corrected chi connectivity index (χ1v) is 5.45. The molecule has 0 saturated carbocycles. The summed E-state index contributed by atoms with van der Waals surface area (Å²) in [5, 5.41) is 10.8. The number of carbonyl (C=O) groups excluding carboxylic acids is 2. The highest BCUT2D eigenvalue weighted by atomic mass is 19.1. The van der Waals surface area contributed by atoms with Crippen LogP contribution < -0.4 is 0 Å². The molecule has 0 aliphatic carbocycles. The number of carbonyl (C=O) groups is 2. The Balaban J connectivity index is 2.45. The summed E-state index contributed by atoms with van der Waals surface area (Å²) in [6.45, 7) is 0. The highest BCUT2D eigenvalue weighted by molar-refractivity contribution is 6.49. The summed E-state index contributed by atoms with van der Waals surface area (Å²) in [6.07, 6.45) is 1.13. The minimum absolute atomic E-state index is 0.384. The SMILES string of the molecule is O=C(C(=O)c1cccnc1F)c1ccccc1[N+](=O)[O-]. The number of para-hydroxylation sites is 1. The molecule has 1 heterocycles. The lowest BCUT2D eigenvalue weighted by Crippen LogP contribution is -2.17. The Labute approximate surface area is 112 Å². The fourth-order valence-corrected chi connectivity index (χ4v) is 1.62. The zero-order valence-electron chi connectivity index (χ0n) is 9.95. The molecule has 1 aromatic carbocycles. The van der Waals surface area contributed by atoms with Gasteiger partial charge in [0.1, 0.15) is 5.56 Å². The van der Waals surface area contributed by atoms with Crippen LogP contribution in [-0.2, 0) is 0 Å². The van der Waals surface area contributed by atoms with Gasteiger partial charge < -0.3 is 0 Å². The number of halogens is 1. The highest BCUT2D eigenvalue weighted by Crippen LogP contribution is 2.20. The van der Waals surface area contributed by atoms with E-state index >= 15 is 0 Å². The van der Waals surface area contributed by atoms with Gasteiger partial charge in [-0.15, -0.1) is 0 Å². The quantitative estimate of drug-likeness (QED) is 0.280. The van der Waals surface area contributed by atoms with Gasteiger partial charge in [0.25, 0.3) is 5.69 Å². The molecule has 0 fully saturated rings. The standard InChI is InChI=1S/C13H7FN2O4/c14-13-9(5-3-7-15-13)12(18)11(17)8-4-1-2-6-10(8)16(19)20/h1-7H. The van der Waals surface area contributed by atoms with E-state index in [9.17, 15) is 24.1 Å². The largest absolute Gasteiger partial charge is 0.285 e. The number of nitro benzene ring substituents is 1. The zero-order chi connectivity index (χ0) is 14.7. The summed E-state index contributed by atoms with van der Waals surface area (Å²) in [5.74, 6) is -3.42. The summed E-state index contributed by atoms with van der Waals surface area (Å²) >= 11 is 0. The molecule has 6 nitrogen and oxygen atoms in total. The maximum absolute atomic E-state index is 13.4. The van der Waals surface area contributed by atoms with Crippen LogP contribution >= 0.6 is 0 Å². The van der Waals surface area contributed by atoms with E-state index < -0.39 is 33.7 Å². The average molecular weight is 274 g/mol. The monoisotopic (exact) mass is 274 g/mol. The number of rotatable bonds is 4. The molecule has 7 heteroatoms. The zero-order valence-corrected chi connectivity index (χ0v) is 9.95. The molecule has 0 radical (unpaired) electrons. The van der Waals surface area contributed by atoms with Crippen LogP contribution in [0.25, 0.3) is 0 Å². The molecule has 2 aromatic rings. The second kappa shape index (κ2) is 5.35. The molecule has 0 amide bonds.